The van der Waals surface area contributed by atoms with E-state index in [0.717, 1.165) is 0 Å². The van der Waals surface area contributed by atoms with Crippen molar-refractivity contribution in [2.24, 2.45) is 17.4 Å². The number of carboxylic acids is 2. The summed E-state index contributed by atoms with van der Waals surface area (Å²) in [6, 6.07) is -4.74. The molecule has 0 spiro atoms. The fourth-order valence-electron chi connectivity index (χ4n) is 3.26. The van der Waals surface area contributed by atoms with E-state index in [-0.39, 0.29) is 12.3 Å². The van der Waals surface area contributed by atoms with Crippen LogP contribution in [-0.2, 0) is 28.8 Å². The lowest BCUT2D eigenvalue weighted by Gasteiger charge is -2.29. The summed E-state index contributed by atoms with van der Waals surface area (Å²) >= 11 is 0. The van der Waals surface area contributed by atoms with Gasteiger partial charge >= 0.3 is 11.9 Å². The molecular weight excluding hydrogens is 426 g/mol. The number of likely N-dealkylation sites (tertiary alicyclic amines) is 1. The van der Waals surface area contributed by atoms with Gasteiger partial charge in [-0.1, -0.05) is 13.8 Å². The fourth-order valence-corrected chi connectivity index (χ4v) is 3.26. The van der Waals surface area contributed by atoms with Gasteiger partial charge in [-0.15, -0.1) is 0 Å². The van der Waals surface area contributed by atoms with Gasteiger partial charge in [0.1, 0.15) is 18.1 Å². The Hall–Kier alpha value is -3.22. The maximum atomic E-state index is 12.8. The first kappa shape index (κ1) is 26.8. The second-order valence-corrected chi connectivity index (χ2v) is 8.02. The van der Waals surface area contributed by atoms with E-state index in [1.54, 1.807) is 13.8 Å². The van der Waals surface area contributed by atoms with Crippen LogP contribution in [-0.4, -0.2) is 81.4 Å². The second kappa shape index (κ2) is 12.0. The van der Waals surface area contributed by atoms with E-state index in [2.05, 4.69) is 10.6 Å². The third-order valence-electron chi connectivity index (χ3n) is 5.14. The van der Waals surface area contributed by atoms with Gasteiger partial charge in [0.2, 0.25) is 23.6 Å². The molecule has 8 N–H and O–H groups in total. The van der Waals surface area contributed by atoms with Gasteiger partial charge in [-0.05, 0) is 25.2 Å². The quantitative estimate of drug-likeness (QED) is 0.186. The zero-order valence-corrected chi connectivity index (χ0v) is 18.1. The predicted molar refractivity (Wildman–Crippen MR) is 110 cm³/mol. The van der Waals surface area contributed by atoms with Gasteiger partial charge in [-0.25, -0.2) is 4.79 Å². The molecule has 0 saturated carbocycles. The third-order valence-corrected chi connectivity index (χ3v) is 5.14. The van der Waals surface area contributed by atoms with Crippen molar-refractivity contribution < 1.29 is 39.0 Å². The van der Waals surface area contributed by atoms with Crippen LogP contribution in [0, 0.1) is 5.92 Å². The van der Waals surface area contributed by atoms with E-state index in [4.69, 9.17) is 21.7 Å². The molecule has 0 aromatic rings. The van der Waals surface area contributed by atoms with Crippen LogP contribution >= 0.6 is 0 Å². The molecule has 1 saturated heterocycles. The number of hydrogen-bond donors (Lipinski definition) is 6. The second-order valence-electron chi connectivity index (χ2n) is 8.02. The molecule has 0 bridgehead atoms. The Morgan fingerprint density at radius 2 is 1.69 bits per heavy atom. The minimum absolute atomic E-state index is 0.154. The molecule has 4 unspecified atom stereocenters. The molecular formula is C19H31N5O8. The smallest absolute Gasteiger partial charge is 0.326 e. The number of nitrogens with zero attached hydrogens (tertiary/aromatic N) is 1. The molecule has 180 valence electrons. The monoisotopic (exact) mass is 457 g/mol. The summed E-state index contributed by atoms with van der Waals surface area (Å²) in [6.07, 6.45) is -0.631. The number of amides is 4. The van der Waals surface area contributed by atoms with Gasteiger partial charge in [-0.3, -0.25) is 24.0 Å². The predicted octanol–water partition coefficient (Wildman–Crippen LogP) is -2.24. The highest BCUT2D eigenvalue weighted by Crippen LogP contribution is 2.20. The molecule has 4 atom stereocenters. The minimum Gasteiger partial charge on any atom is -0.481 e. The topological polar surface area (TPSA) is 222 Å². The van der Waals surface area contributed by atoms with Crippen molar-refractivity contribution >= 4 is 35.6 Å². The van der Waals surface area contributed by atoms with Crippen LogP contribution in [0.3, 0.4) is 0 Å². The molecule has 13 heteroatoms. The molecule has 1 fully saturated rings. The first-order valence-corrected chi connectivity index (χ1v) is 10.2. The molecule has 0 aromatic carbocycles. The Morgan fingerprint density at radius 3 is 2.19 bits per heavy atom. The zero-order chi connectivity index (χ0) is 24.6. The highest BCUT2D eigenvalue weighted by atomic mass is 16.4. The minimum atomic E-state index is -1.64. The van der Waals surface area contributed by atoms with Crippen molar-refractivity contribution in [2.75, 3.05) is 6.54 Å². The number of primary amides is 1. The van der Waals surface area contributed by atoms with Gasteiger partial charge in [-0.2, -0.15) is 0 Å². The molecule has 0 aliphatic carbocycles. The summed E-state index contributed by atoms with van der Waals surface area (Å²) in [5, 5.41) is 22.6. The molecule has 0 aromatic heterocycles. The number of nitrogens with one attached hydrogen (secondary N) is 2. The lowest BCUT2D eigenvalue weighted by Crippen LogP contribution is -2.57. The molecule has 13 nitrogen and oxygen atoms in total. The van der Waals surface area contributed by atoms with E-state index in [1.807, 2.05) is 0 Å². The van der Waals surface area contributed by atoms with E-state index < -0.39 is 72.6 Å². The van der Waals surface area contributed by atoms with Gasteiger partial charge in [0.05, 0.1) is 12.5 Å². The molecule has 1 aliphatic rings. The van der Waals surface area contributed by atoms with Gasteiger partial charge in [0.15, 0.2) is 0 Å². The number of carbonyl (C=O) groups excluding carboxylic acids is 4. The fraction of sp³-hybridized carbons (Fsp3) is 0.684. The SMILES string of the molecule is CC(C)C(N)C(=O)N1CCCC1C(=O)NC(CCC(=O)O)C(=O)NC(CC(N)=O)C(=O)O. The van der Waals surface area contributed by atoms with Crippen molar-refractivity contribution in [3.8, 4) is 0 Å². The number of nitrogens with two attached hydrogens (primary N) is 2. The molecule has 1 heterocycles. The van der Waals surface area contributed by atoms with Crippen molar-refractivity contribution in [1.29, 1.82) is 0 Å². The number of aliphatic carboxylic acids is 2. The van der Waals surface area contributed by atoms with Crippen LogP contribution < -0.4 is 22.1 Å². The molecule has 1 aliphatic heterocycles. The van der Waals surface area contributed by atoms with E-state index >= 15 is 0 Å². The Bertz CT molecular complexity index is 756. The van der Waals surface area contributed by atoms with Crippen molar-refractivity contribution in [3.63, 3.8) is 0 Å². The zero-order valence-electron chi connectivity index (χ0n) is 18.1. The van der Waals surface area contributed by atoms with Crippen LogP contribution in [0.15, 0.2) is 0 Å². The Labute approximate surface area is 184 Å². The summed E-state index contributed by atoms with van der Waals surface area (Å²) in [5.41, 5.74) is 10.9. The summed E-state index contributed by atoms with van der Waals surface area (Å²) in [4.78, 5) is 72.6. The van der Waals surface area contributed by atoms with Crippen molar-refractivity contribution in [3.05, 3.63) is 0 Å². The highest BCUT2D eigenvalue weighted by molar-refractivity contribution is 5.95. The average Bonchev–Trinajstić information content (AvgIpc) is 3.18. The standard InChI is InChI=1S/C19H31N5O8/c1-9(2)15(21)18(30)24-7-3-4-12(24)17(29)22-10(5-6-14(26)27)16(28)23-11(19(31)32)8-13(20)25/h9-12,15H,3-8,21H2,1-2H3,(H2,20,25)(H,22,29)(H,23,28)(H,26,27)(H,31,32). The van der Waals surface area contributed by atoms with E-state index in [0.29, 0.717) is 19.4 Å². The molecule has 1 rings (SSSR count). The maximum Gasteiger partial charge on any atom is 0.326 e. The molecule has 32 heavy (non-hydrogen) atoms. The van der Waals surface area contributed by atoms with Crippen LogP contribution in [0.4, 0.5) is 0 Å². The Morgan fingerprint density at radius 1 is 1.06 bits per heavy atom. The normalized spacial score (nSPS) is 18.5. The van der Waals surface area contributed by atoms with Crippen LogP contribution in [0.2, 0.25) is 0 Å². The average molecular weight is 457 g/mol. The maximum absolute atomic E-state index is 12.8. The van der Waals surface area contributed by atoms with E-state index in [9.17, 15) is 28.8 Å². The van der Waals surface area contributed by atoms with Gasteiger partial charge < -0.3 is 37.2 Å². The van der Waals surface area contributed by atoms with Crippen molar-refractivity contribution in [2.45, 2.75) is 70.1 Å². The lowest BCUT2D eigenvalue weighted by atomic mass is 10.0. The highest BCUT2D eigenvalue weighted by Gasteiger charge is 2.38. The molecule has 4 amide bonds. The van der Waals surface area contributed by atoms with Gasteiger partial charge in [0.25, 0.3) is 0 Å². The summed E-state index contributed by atoms with van der Waals surface area (Å²) in [7, 11) is 0. The van der Waals surface area contributed by atoms with Crippen LogP contribution in [0.25, 0.3) is 0 Å². The first-order valence-electron chi connectivity index (χ1n) is 10.2. The van der Waals surface area contributed by atoms with E-state index in [1.165, 1.54) is 4.90 Å². The van der Waals surface area contributed by atoms with Crippen LogP contribution in [0.5, 0.6) is 0 Å². The number of carbonyl (C=O) groups is 6. The summed E-state index contributed by atoms with van der Waals surface area (Å²) in [6.45, 7) is 3.85. The Balaban J connectivity index is 2.96. The lowest BCUT2D eigenvalue weighted by molar-refractivity contribution is -0.144. The van der Waals surface area contributed by atoms with Crippen molar-refractivity contribution in [1.82, 2.24) is 15.5 Å². The first-order chi connectivity index (χ1) is 14.8. The number of carboxylic acid groups (broad SMARTS) is 2. The largest absolute Gasteiger partial charge is 0.481 e. The Kier molecular flexibility index (Phi) is 10.0. The number of rotatable bonds is 12. The molecule has 0 radical (unpaired) electrons. The van der Waals surface area contributed by atoms with Crippen LogP contribution in [0.1, 0.15) is 46.0 Å². The van der Waals surface area contributed by atoms with Gasteiger partial charge in [0, 0.05) is 13.0 Å². The summed E-state index contributed by atoms with van der Waals surface area (Å²) < 4.78 is 0. The summed E-state index contributed by atoms with van der Waals surface area (Å²) in [5.74, 6) is -5.94. The number of hydrogen-bond acceptors (Lipinski definition) is 7. The third kappa shape index (κ3) is 7.80.